The lowest BCUT2D eigenvalue weighted by Crippen LogP contribution is -2.48. The van der Waals surface area contributed by atoms with Crippen LogP contribution in [0.3, 0.4) is 0 Å². The summed E-state index contributed by atoms with van der Waals surface area (Å²) in [7, 11) is 1.82. The molecule has 0 aliphatic carbocycles. The van der Waals surface area contributed by atoms with Gasteiger partial charge in [0.25, 0.3) is 0 Å². The summed E-state index contributed by atoms with van der Waals surface area (Å²) in [4.78, 5) is 22.3. The van der Waals surface area contributed by atoms with E-state index in [4.69, 9.17) is 0 Å². The zero-order valence-electron chi connectivity index (χ0n) is 11.3. The van der Waals surface area contributed by atoms with Crippen LogP contribution in [0.1, 0.15) is 0 Å². The first kappa shape index (κ1) is 12.8. The molecular formula is C12H17N7O. The number of fused-ring (bicyclic) bond motifs is 1. The lowest BCUT2D eigenvalue weighted by molar-refractivity contribution is -0.129. The van der Waals surface area contributed by atoms with Gasteiger partial charge in [0.2, 0.25) is 5.91 Å². The summed E-state index contributed by atoms with van der Waals surface area (Å²) in [6, 6.07) is 0. The molecule has 1 aliphatic heterocycles. The third-order valence-electron chi connectivity index (χ3n) is 3.41. The lowest BCUT2D eigenvalue weighted by atomic mass is 10.3. The summed E-state index contributed by atoms with van der Waals surface area (Å²) >= 11 is 0. The van der Waals surface area contributed by atoms with E-state index in [9.17, 15) is 4.79 Å². The van der Waals surface area contributed by atoms with Gasteiger partial charge < -0.3 is 15.5 Å². The third-order valence-corrected chi connectivity index (χ3v) is 3.41. The van der Waals surface area contributed by atoms with Crippen molar-refractivity contribution in [2.45, 2.75) is 0 Å². The fourth-order valence-electron chi connectivity index (χ4n) is 2.29. The molecule has 8 heteroatoms. The minimum absolute atomic E-state index is 0.0853. The average Bonchev–Trinajstić information content (AvgIpc) is 2.88. The van der Waals surface area contributed by atoms with Crippen LogP contribution < -0.4 is 10.6 Å². The summed E-state index contributed by atoms with van der Waals surface area (Å²) in [5.41, 5.74) is 0.747. The first-order chi connectivity index (χ1) is 9.75. The number of piperazine rings is 1. The smallest absolute Gasteiger partial charge is 0.242 e. The van der Waals surface area contributed by atoms with E-state index in [1.807, 2.05) is 11.9 Å². The molecule has 0 unspecified atom stereocenters. The SMILES string of the molecule is Cn1ncc2c(NCC(=O)N3CCNCC3)ncnc21. The predicted octanol–water partition coefficient (Wildman–Crippen LogP) is -0.793. The van der Waals surface area contributed by atoms with Crippen molar-refractivity contribution in [3.63, 3.8) is 0 Å². The van der Waals surface area contributed by atoms with Crippen LogP contribution in [-0.2, 0) is 11.8 Å². The molecule has 8 nitrogen and oxygen atoms in total. The maximum absolute atomic E-state index is 12.1. The van der Waals surface area contributed by atoms with Crippen molar-refractivity contribution in [2.24, 2.45) is 7.05 Å². The topological polar surface area (TPSA) is 88.0 Å². The first-order valence-corrected chi connectivity index (χ1v) is 6.61. The van der Waals surface area contributed by atoms with Crippen molar-refractivity contribution < 1.29 is 4.79 Å². The molecule has 0 spiro atoms. The Morgan fingerprint density at radius 2 is 2.20 bits per heavy atom. The van der Waals surface area contributed by atoms with Gasteiger partial charge in [-0.2, -0.15) is 5.10 Å². The minimum Gasteiger partial charge on any atom is -0.360 e. The molecule has 0 aromatic carbocycles. The lowest BCUT2D eigenvalue weighted by Gasteiger charge is -2.27. The zero-order chi connectivity index (χ0) is 13.9. The van der Waals surface area contributed by atoms with E-state index in [0.29, 0.717) is 5.82 Å². The summed E-state index contributed by atoms with van der Waals surface area (Å²) in [5, 5.41) is 11.3. The number of hydrogen-bond acceptors (Lipinski definition) is 6. The van der Waals surface area contributed by atoms with Gasteiger partial charge in [0, 0.05) is 33.2 Å². The molecule has 3 heterocycles. The van der Waals surface area contributed by atoms with Gasteiger partial charge in [-0.3, -0.25) is 9.48 Å². The highest BCUT2D eigenvalue weighted by Gasteiger charge is 2.16. The Labute approximate surface area is 116 Å². The number of anilines is 1. The van der Waals surface area contributed by atoms with E-state index in [2.05, 4.69) is 25.7 Å². The Balaban J connectivity index is 1.69. The van der Waals surface area contributed by atoms with Crippen LogP contribution in [0.25, 0.3) is 11.0 Å². The zero-order valence-corrected chi connectivity index (χ0v) is 11.3. The minimum atomic E-state index is 0.0853. The number of carbonyl (C=O) groups excluding carboxylic acids is 1. The van der Waals surface area contributed by atoms with E-state index in [1.165, 1.54) is 6.33 Å². The first-order valence-electron chi connectivity index (χ1n) is 6.61. The molecule has 0 radical (unpaired) electrons. The molecule has 0 atom stereocenters. The molecule has 1 fully saturated rings. The van der Waals surface area contributed by atoms with Crippen LogP contribution in [0.15, 0.2) is 12.5 Å². The molecule has 2 N–H and O–H groups in total. The number of nitrogens with one attached hydrogen (secondary N) is 2. The van der Waals surface area contributed by atoms with E-state index in [0.717, 1.165) is 37.2 Å². The number of carbonyl (C=O) groups is 1. The van der Waals surface area contributed by atoms with E-state index < -0.39 is 0 Å². The fraction of sp³-hybridized carbons (Fsp3) is 0.500. The summed E-state index contributed by atoms with van der Waals surface area (Å²) in [5.74, 6) is 0.730. The fourth-order valence-corrected chi connectivity index (χ4v) is 2.29. The standard InChI is InChI=1S/C12H17N7O/c1-18-12-9(6-17-18)11(15-8-16-12)14-7-10(20)19-4-2-13-3-5-19/h6,8,13H,2-5,7H2,1H3,(H,14,15,16). The van der Waals surface area contributed by atoms with Gasteiger partial charge in [-0.25, -0.2) is 9.97 Å². The normalized spacial score (nSPS) is 15.6. The van der Waals surface area contributed by atoms with Gasteiger partial charge in [-0.15, -0.1) is 0 Å². The van der Waals surface area contributed by atoms with E-state index in [-0.39, 0.29) is 12.5 Å². The van der Waals surface area contributed by atoms with Gasteiger partial charge in [0.05, 0.1) is 18.1 Å². The molecule has 0 bridgehead atoms. The molecule has 2 aromatic rings. The number of rotatable bonds is 3. The van der Waals surface area contributed by atoms with Crippen molar-refractivity contribution >= 4 is 22.8 Å². The monoisotopic (exact) mass is 275 g/mol. The van der Waals surface area contributed by atoms with E-state index >= 15 is 0 Å². The summed E-state index contributed by atoms with van der Waals surface area (Å²) < 4.78 is 1.68. The Morgan fingerprint density at radius 1 is 1.40 bits per heavy atom. The second-order valence-electron chi connectivity index (χ2n) is 4.71. The summed E-state index contributed by atoms with van der Waals surface area (Å²) in [6.07, 6.45) is 3.18. The Kier molecular flexibility index (Phi) is 3.46. The average molecular weight is 275 g/mol. The number of nitrogens with zero attached hydrogens (tertiary/aromatic N) is 5. The molecule has 1 amide bonds. The predicted molar refractivity (Wildman–Crippen MR) is 74.2 cm³/mol. The van der Waals surface area contributed by atoms with Gasteiger partial charge in [0.1, 0.15) is 12.1 Å². The molecule has 0 saturated carbocycles. The van der Waals surface area contributed by atoms with Gasteiger partial charge >= 0.3 is 0 Å². The van der Waals surface area contributed by atoms with Crippen molar-refractivity contribution in [1.29, 1.82) is 0 Å². The molecule has 106 valence electrons. The molecule has 1 aliphatic rings. The molecular weight excluding hydrogens is 258 g/mol. The number of amides is 1. The van der Waals surface area contributed by atoms with Crippen molar-refractivity contribution in [2.75, 3.05) is 38.0 Å². The third kappa shape index (κ3) is 2.42. The highest BCUT2D eigenvalue weighted by molar-refractivity contribution is 5.88. The van der Waals surface area contributed by atoms with Crippen molar-refractivity contribution in [3.05, 3.63) is 12.5 Å². The van der Waals surface area contributed by atoms with Crippen LogP contribution in [0.4, 0.5) is 5.82 Å². The summed E-state index contributed by atoms with van der Waals surface area (Å²) in [6.45, 7) is 3.46. The van der Waals surface area contributed by atoms with Gasteiger partial charge in [-0.05, 0) is 0 Å². The Morgan fingerprint density at radius 3 is 3.00 bits per heavy atom. The number of hydrogen-bond donors (Lipinski definition) is 2. The number of aromatic nitrogens is 4. The largest absolute Gasteiger partial charge is 0.360 e. The Hall–Kier alpha value is -2.22. The second kappa shape index (κ2) is 5.41. The van der Waals surface area contributed by atoms with Gasteiger partial charge in [0.15, 0.2) is 5.65 Å². The van der Waals surface area contributed by atoms with Crippen LogP contribution in [0, 0.1) is 0 Å². The van der Waals surface area contributed by atoms with Crippen LogP contribution in [0.2, 0.25) is 0 Å². The van der Waals surface area contributed by atoms with Crippen LogP contribution in [0.5, 0.6) is 0 Å². The van der Waals surface area contributed by atoms with Crippen LogP contribution >= 0.6 is 0 Å². The number of aryl methyl sites for hydroxylation is 1. The van der Waals surface area contributed by atoms with Gasteiger partial charge in [-0.1, -0.05) is 0 Å². The Bertz CT molecular complexity index is 617. The van der Waals surface area contributed by atoms with Crippen molar-refractivity contribution in [1.82, 2.24) is 30.0 Å². The molecule has 2 aromatic heterocycles. The maximum Gasteiger partial charge on any atom is 0.242 e. The second-order valence-corrected chi connectivity index (χ2v) is 4.71. The molecule has 20 heavy (non-hydrogen) atoms. The molecule has 3 rings (SSSR count). The quantitative estimate of drug-likeness (QED) is 0.763. The highest BCUT2D eigenvalue weighted by Crippen LogP contribution is 2.17. The highest BCUT2D eigenvalue weighted by atomic mass is 16.2. The molecule has 1 saturated heterocycles. The van der Waals surface area contributed by atoms with E-state index in [1.54, 1.807) is 10.9 Å². The maximum atomic E-state index is 12.1. The van der Waals surface area contributed by atoms with Crippen molar-refractivity contribution in [3.8, 4) is 0 Å². The van der Waals surface area contributed by atoms with Crippen LogP contribution in [-0.4, -0.2) is 63.3 Å².